The largest absolute Gasteiger partial charge is 0.336 e. The van der Waals surface area contributed by atoms with Gasteiger partial charge in [-0.05, 0) is 11.5 Å². The number of nitrogens with zero attached hydrogens (tertiary/aromatic N) is 2. The number of fused-ring (bicyclic) bond motifs is 1. The highest BCUT2D eigenvalue weighted by molar-refractivity contribution is 5.88. The van der Waals surface area contributed by atoms with Crippen LogP contribution in [0.3, 0.4) is 0 Å². The molecule has 0 unspecified atom stereocenters. The van der Waals surface area contributed by atoms with Crippen LogP contribution in [0.25, 0.3) is 0 Å². The lowest BCUT2D eigenvalue weighted by atomic mass is 9.96. The van der Waals surface area contributed by atoms with Gasteiger partial charge in [0.2, 0.25) is 5.91 Å². The number of urea groups is 1. The summed E-state index contributed by atoms with van der Waals surface area (Å²) in [5, 5.41) is 2.81. The topological polar surface area (TPSA) is 52.7 Å². The number of hydrogen-bond acceptors (Lipinski definition) is 2. The molecule has 0 aromatic carbocycles. The van der Waals surface area contributed by atoms with Gasteiger partial charge in [-0.15, -0.1) is 0 Å². The Morgan fingerprint density at radius 2 is 2.11 bits per heavy atom. The maximum atomic E-state index is 12.0. The molecule has 0 radical (unpaired) electrons. The molecular formula is C13H21N3O2. The predicted octanol–water partition coefficient (Wildman–Crippen LogP) is 0.825. The molecule has 18 heavy (non-hydrogen) atoms. The van der Waals surface area contributed by atoms with Gasteiger partial charge in [0.25, 0.3) is 0 Å². The van der Waals surface area contributed by atoms with Gasteiger partial charge in [-0.2, -0.15) is 0 Å². The van der Waals surface area contributed by atoms with Crippen LogP contribution >= 0.6 is 0 Å². The minimum Gasteiger partial charge on any atom is -0.336 e. The molecule has 2 rings (SSSR count). The fraction of sp³-hybridized carbons (Fsp3) is 0.692. The first kappa shape index (κ1) is 12.9. The number of hydrogen-bond donors (Lipinski definition) is 1. The number of nitrogens with one attached hydrogen (secondary N) is 1. The Kier molecular flexibility index (Phi) is 3.32. The molecule has 2 saturated heterocycles. The molecule has 2 aliphatic heterocycles. The monoisotopic (exact) mass is 251 g/mol. The molecule has 0 aromatic heterocycles. The second-order valence-electron chi connectivity index (χ2n) is 6.02. The molecule has 1 atom stereocenters. The highest BCUT2D eigenvalue weighted by atomic mass is 16.2. The zero-order chi connectivity index (χ0) is 13.3. The first-order chi connectivity index (χ1) is 8.37. The van der Waals surface area contributed by atoms with Crippen molar-refractivity contribution in [1.82, 2.24) is 15.1 Å². The lowest BCUT2D eigenvalue weighted by Gasteiger charge is -2.36. The Hall–Kier alpha value is -1.52. The van der Waals surface area contributed by atoms with Crippen LogP contribution < -0.4 is 5.32 Å². The summed E-state index contributed by atoms with van der Waals surface area (Å²) >= 11 is 0. The maximum absolute atomic E-state index is 12.0. The van der Waals surface area contributed by atoms with Crippen LogP contribution in [0.15, 0.2) is 12.2 Å². The van der Waals surface area contributed by atoms with Crippen LogP contribution in [-0.4, -0.2) is 54.0 Å². The van der Waals surface area contributed by atoms with Crippen LogP contribution in [-0.2, 0) is 4.79 Å². The number of allylic oxidation sites excluding steroid dienone is 1. The van der Waals surface area contributed by atoms with Gasteiger partial charge in [-0.3, -0.25) is 4.79 Å². The Morgan fingerprint density at radius 3 is 2.78 bits per heavy atom. The minimum atomic E-state index is -0.00247. The summed E-state index contributed by atoms with van der Waals surface area (Å²) in [6.07, 6.45) is 3.58. The number of piperazine rings is 1. The van der Waals surface area contributed by atoms with E-state index in [1.54, 1.807) is 6.08 Å². The molecule has 3 amide bonds. The number of carbonyl (C=O) groups is 2. The van der Waals surface area contributed by atoms with Crippen molar-refractivity contribution in [2.75, 3.05) is 26.2 Å². The predicted molar refractivity (Wildman–Crippen MR) is 69.1 cm³/mol. The lowest BCUT2D eigenvalue weighted by molar-refractivity contribution is -0.128. The van der Waals surface area contributed by atoms with E-state index in [-0.39, 0.29) is 23.4 Å². The van der Waals surface area contributed by atoms with Crippen molar-refractivity contribution in [3.63, 3.8) is 0 Å². The second-order valence-corrected chi connectivity index (χ2v) is 6.02. The van der Waals surface area contributed by atoms with E-state index in [9.17, 15) is 9.59 Å². The number of carbonyl (C=O) groups excluding carboxylic acids is 2. The molecule has 5 heteroatoms. The van der Waals surface area contributed by atoms with Crippen LogP contribution in [0, 0.1) is 5.41 Å². The molecule has 0 spiro atoms. The van der Waals surface area contributed by atoms with Crippen molar-refractivity contribution in [3.05, 3.63) is 12.2 Å². The molecule has 2 heterocycles. The normalized spacial score (nSPS) is 24.4. The van der Waals surface area contributed by atoms with Gasteiger partial charge in [0.1, 0.15) is 0 Å². The second kappa shape index (κ2) is 4.63. The van der Waals surface area contributed by atoms with Crippen LogP contribution in [0.1, 0.15) is 20.8 Å². The van der Waals surface area contributed by atoms with Crippen LogP contribution in [0.2, 0.25) is 0 Å². The van der Waals surface area contributed by atoms with E-state index in [0.717, 1.165) is 0 Å². The standard InChI is InChI=1S/C13H21N3O2/c1-13(2,3)5-4-11(17)15-6-7-16-10(9-15)8-14-12(16)18/h4-5,10H,6-9H2,1-3H3,(H,14,18)/b5-4-/t10-/m0/s1. The molecule has 5 nitrogen and oxygen atoms in total. The molecule has 0 aliphatic carbocycles. The summed E-state index contributed by atoms with van der Waals surface area (Å²) in [5.74, 6) is 0.0453. The highest BCUT2D eigenvalue weighted by Crippen LogP contribution is 2.17. The third kappa shape index (κ3) is 2.83. The van der Waals surface area contributed by atoms with Crippen LogP contribution in [0.5, 0.6) is 0 Å². The minimum absolute atomic E-state index is 0.00247. The van der Waals surface area contributed by atoms with Gasteiger partial charge in [0, 0.05) is 26.2 Å². The summed E-state index contributed by atoms with van der Waals surface area (Å²) < 4.78 is 0. The Balaban J connectivity index is 1.94. The van der Waals surface area contributed by atoms with E-state index >= 15 is 0 Å². The van der Waals surface area contributed by atoms with Gasteiger partial charge in [0.05, 0.1) is 6.04 Å². The zero-order valence-electron chi connectivity index (χ0n) is 11.3. The summed E-state index contributed by atoms with van der Waals surface area (Å²) in [6.45, 7) is 8.72. The average Bonchev–Trinajstić information content (AvgIpc) is 2.66. The van der Waals surface area contributed by atoms with Gasteiger partial charge in [-0.1, -0.05) is 26.8 Å². The summed E-state index contributed by atoms with van der Waals surface area (Å²) in [4.78, 5) is 27.1. The summed E-state index contributed by atoms with van der Waals surface area (Å²) in [5.41, 5.74) is 0.0162. The van der Waals surface area contributed by atoms with E-state index in [4.69, 9.17) is 0 Å². The van der Waals surface area contributed by atoms with Gasteiger partial charge in [-0.25, -0.2) is 4.79 Å². The van der Waals surface area contributed by atoms with Crippen molar-refractivity contribution >= 4 is 11.9 Å². The molecule has 2 aliphatic rings. The summed E-state index contributed by atoms with van der Waals surface area (Å²) in [7, 11) is 0. The third-order valence-electron chi connectivity index (χ3n) is 3.27. The van der Waals surface area contributed by atoms with E-state index in [1.807, 2.05) is 15.9 Å². The molecular weight excluding hydrogens is 230 g/mol. The van der Waals surface area contributed by atoms with Crippen molar-refractivity contribution in [3.8, 4) is 0 Å². The maximum Gasteiger partial charge on any atom is 0.317 e. The first-order valence-corrected chi connectivity index (χ1v) is 6.39. The zero-order valence-corrected chi connectivity index (χ0v) is 11.3. The van der Waals surface area contributed by atoms with E-state index < -0.39 is 0 Å². The Morgan fingerprint density at radius 1 is 1.39 bits per heavy atom. The molecule has 0 aromatic rings. The van der Waals surface area contributed by atoms with E-state index in [0.29, 0.717) is 26.2 Å². The molecule has 100 valence electrons. The van der Waals surface area contributed by atoms with E-state index in [2.05, 4.69) is 26.1 Å². The third-order valence-corrected chi connectivity index (χ3v) is 3.27. The quantitative estimate of drug-likeness (QED) is 0.702. The fourth-order valence-corrected chi connectivity index (χ4v) is 2.23. The smallest absolute Gasteiger partial charge is 0.317 e. The fourth-order valence-electron chi connectivity index (χ4n) is 2.23. The van der Waals surface area contributed by atoms with Gasteiger partial charge in [0.15, 0.2) is 0 Å². The number of rotatable bonds is 1. The lowest BCUT2D eigenvalue weighted by Crippen LogP contribution is -2.53. The first-order valence-electron chi connectivity index (χ1n) is 6.39. The number of amides is 3. The highest BCUT2D eigenvalue weighted by Gasteiger charge is 2.36. The SMILES string of the molecule is CC(C)(C)/C=C\C(=O)N1CCN2C(=O)NC[C@H]2C1. The Bertz CT molecular complexity index is 384. The van der Waals surface area contributed by atoms with Crippen molar-refractivity contribution in [2.45, 2.75) is 26.8 Å². The molecule has 0 saturated carbocycles. The Labute approximate surface area is 108 Å². The van der Waals surface area contributed by atoms with Crippen molar-refractivity contribution in [1.29, 1.82) is 0 Å². The van der Waals surface area contributed by atoms with E-state index in [1.165, 1.54) is 0 Å². The van der Waals surface area contributed by atoms with Crippen molar-refractivity contribution in [2.24, 2.45) is 5.41 Å². The summed E-state index contributed by atoms with van der Waals surface area (Å²) in [6, 6.07) is 0.135. The van der Waals surface area contributed by atoms with Crippen molar-refractivity contribution < 1.29 is 9.59 Å². The molecule has 2 fully saturated rings. The average molecular weight is 251 g/mol. The molecule has 0 bridgehead atoms. The molecule has 1 N–H and O–H groups in total. The van der Waals surface area contributed by atoms with Gasteiger partial charge >= 0.3 is 6.03 Å². The van der Waals surface area contributed by atoms with Gasteiger partial charge < -0.3 is 15.1 Å². The van der Waals surface area contributed by atoms with Crippen LogP contribution in [0.4, 0.5) is 4.79 Å².